The lowest BCUT2D eigenvalue weighted by Crippen LogP contribution is -2.38. The predicted molar refractivity (Wildman–Crippen MR) is 68.8 cm³/mol. The molecule has 0 atom stereocenters. The van der Waals surface area contributed by atoms with Gasteiger partial charge >= 0.3 is 0 Å². The smallest absolute Gasteiger partial charge is 0.222 e. The molecule has 0 aromatic heterocycles. The highest BCUT2D eigenvalue weighted by Crippen LogP contribution is 2.17. The Morgan fingerprint density at radius 2 is 1.81 bits per heavy atom. The minimum atomic E-state index is 0.286. The van der Waals surface area contributed by atoms with Crippen LogP contribution >= 0.6 is 11.6 Å². The van der Waals surface area contributed by atoms with Crippen LogP contribution in [0.3, 0.4) is 0 Å². The normalized spacial score (nSPS) is 17.8. The summed E-state index contributed by atoms with van der Waals surface area (Å²) in [6, 6.07) is 0. The Balaban J connectivity index is 2.06. The van der Waals surface area contributed by atoms with Gasteiger partial charge in [0, 0.05) is 24.9 Å². The molecule has 0 N–H and O–H groups in total. The molecule has 94 valence electrons. The van der Waals surface area contributed by atoms with Crippen LogP contribution in [-0.2, 0) is 4.79 Å². The van der Waals surface area contributed by atoms with Gasteiger partial charge in [-0.25, -0.2) is 0 Å². The molecule has 3 heteroatoms. The van der Waals surface area contributed by atoms with Crippen LogP contribution in [0.2, 0.25) is 0 Å². The number of nitrogens with zero attached hydrogens (tertiary/aromatic N) is 1. The molecular weight excluding hydrogens is 222 g/mol. The van der Waals surface area contributed by atoms with Gasteiger partial charge in [-0.15, -0.1) is 11.6 Å². The fraction of sp³-hybridized carbons (Fsp3) is 0.923. The standard InChI is InChI=1S/C13H24ClNO/c1-2-3-4-5-6-7-13(16)15-10-8-12(14)9-11-15/h12H,2-11H2,1H3. The largest absolute Gasteiger partial charge is 0.343 e. The molecule has 0 spiro atoms. The molecular formula is C13H24ClNO. The quantitative estimate of drug-likeness (QED) is 0.518. The number of unbranched alkanes of at least 4 members (excludes halogenated alkanes) is 4. The molecule has 1 heterocycles. The molecule has 0 aliphatic carbocycles. The highest BCUT2D eigenvalue weighted by molar-refractivity contribution is 6.20. The van der Waals surface area contributed by atoms with E-state index in [-0.39, 0.29) is 5.38 Å². The third kappa shape index (κ3) is 5.20. The Morgan fingerprint density at radius 1 is 1.19 bits per heavy atom. The third-order valence-electron chi connectivity index (χ3n) is 3.27. The molecule has 1 rings (SSSR count). The molecule has 0 saturated carbocycles. The number of hydrogen-bond acceptors (Lipinski definition) is 1. The van der Waals surface area contributed by atoms with Crippen molar-refractivity contribution in [2.24, 2.45) is 0 Å². The van der Waals surface area contributed by atoms with Crippen molar-refractivity contribution in [3.8, 4) is 0 Å². The number of rotatable bonds is 6. The van der Waals surface area contributed by atoms with Gasteiger partial charge in [0.15, 0.2) is 0 Å². The Kier molecular flexibility index (Phi) is 6.86. The first-order chi connectivity index (χ1) is 7.74. The van der Waals surface area contributed by atoms with Crippen LogP contribution in [0, 0.1) is 0 Å². The van der Waals surface area contributed by atoms with Crippen LogP contribution in [0.4, 0.5) is 0 Å². The fourth-order valence-electron chi connectivity index (χ4n) is 2.14. The number of alkyl halides is 1. The monoisotopic (exact) mass is 245 g/mol. The molecule has 1 amide bonds. The molecule has 0 radical (unpaired) electrons. The number of piperidine rings is 1. The summed E-state index contributed by atoms with van der Waals surface area (Å²) in [7, 11) is 0. The lowest BCUT2D eigenvalue weighted by molar-refractivity contribution is -0.132. The van der Waals surface area contributed by atoms with Crippen LogP contribution in [0.15, 0.2) is 0 Å². The third-order valence-corrected chi connectivity index (χ3v) is 3.71. The zero-order chi connectivity index (χ0) is 11.8. The second kappa shape index (κ2) is 7.94. The van der Waals surface area contributed by atoms with Crippen molar-refractivity contribution in [3.63, 3.8) is 0 Å². The Bertz CT molecular complexity index is 200. The number of carbonyl (C=O) groups excluding carboxylic acids is 1. The van der Waals surface area contributed by atoms with E-state index in [0.717, 1.165) is 38.8 Å². The Morgan fingerprint density at radius 3 is 2.44 bits per heavy atom. The molecule has 0 aromatic carbocycles. The molecule has 1 aliphatic rings. The number of likely N-dealkylation sites (tertiary alicyclic amines) is 1. The van der Waals surface area contributed by atoms with E-state index >= 15 is 0 Å². The molecule has 0 aromatic rings. The number of hydrogen-bond donors (Lipinski definition) is 0. The minimum Gasteiger partial charge on any atom is -0.343 e. The maximum Gasteiger partial charge on any atom is 0.222 e. The van der Waals surface area contributed by atoms with Crippen LogP contribution in [0.5, 0.6) is 0 Å². The zero-order valence-corrected chi connectivity index (χ0v) is 11.1. The zero-order valence-electron chi connectivity index (χ0n) is 10.4. The molecule has 1 aliphatic heterocycles. The van der Waals surface area contributed by atoms with E-state index in [1.54, 1.807) is 0 Å². The van der Waals surface area contributed by atoms with Crippen molar-refractivity contribution in [1.82, 2.24) is 4.90 Å². The van der Waals surface area contributed by atoms with Gasteiger partial charge in [0.2, 0.25) is 5.91 Å². The van der Waals surface area contributed by atoms with Crippen molar-refractivity contribution >= 4 is 17.5 Å². The molecule has 1 saturated heterocycles. The van der Waals surface area contributed by atoms with E-state index in [0.29, 0.717) is 5.91 Å². The lowest BCUT2D eigenvalue weighted by atomic mass is 10.1. The van der Waals surface area contributed by atoms with Crippen molar-refractivity contribution < 1.29 is 4.79 Å². The average Bonchev–Trinajstić information content (AvgIpc) is 2.29. The van der Waals surface area contributed by atoms with Crippen molar-refractivity contribution in [2.45, 2.75) is 63.7 Å². The van der Waals surface area contributed by atoms with Gasteiger partial charge in [-0.3, -0.25) is 4.79 Å². The summed E-state index contributed by atoms with van der Waals surface area (Å²) in [5.41, 5.74) is 0. The van der Waals surface area contributed by atoms with E-state index in [9.17, 15) is 4.79 Å². The first kappa shape index (κ1) is 13.8. The SMILES string of the molecule is CCCCCCCC(=O)N1CCC(Cl)CC1. The second-order valence-corrected chi connectivity index (χ2v) is 5.34. The minimum absolute atomic E-state index is 0.286. The van der Waals surface area contributed by atoms with Gasteiger partial charge in [-0.05, 0) is 19.3 Å². The predicted octanol–water partition coefficient (Wildman–Crippen LogP) is 3.58. The van der Waals surface area contributed by atoms with E-state index in [1.165, 1.54) is 25.7 Å². The molecule has 0 bridgehead atoms. The van der Waals surface area contributed by atoms with Crippen LogP contribution in [0.1, 0.15) is 58.3 Å². The lowest BCUT2D eigenvalue weighted by Gasteiger charge is -2.29. The summed E-state index contributed by atoms with van der Waals surface area (Å²) >= 11 is 6.01. The van der Waals surface area contributed by atoms with Crippen molar-refractivity contribution in [1.29, 1.82) is 0 Å². The van der Waals surface area contributed by atoms with Crippen molar-refractivity contribution in [3.05, 3.63) is 0 Å². The number of halogens is 1. The highest BCUT2D eigenvalue weighted by Gasteiger charge is 2.20. The van der Waals surface area contributed by atoms with E-state index in [4.69, 9.17) is 11.6 Å². The highest BCUT2D eigenvalue weighted by atomic mass is 35.5. The molecule has 2 nitrogen and oxygen atoms in total. The average molecular weight is 246 g/mol. The van der Waals surface area contributed by atoms with E-state index in [2.05, 4.69) is 6.92 Å². The Labute approximate surface area is 104 Å². The molecule has 0 unspecified atom stereocenters. The number of amides is 1. The topological polar surface area (TPSA) is 20.3 Å². The first-order valence-electron chi connectivity index (χ1n) is 6.66. The maximum absolute atomic E-state index is 11.8. The Hall–Kier alpha value is -0.240. The fourth-order valence-corrected chi connectivity index (χ4v) is 2.33. The summed E-state index contributed by atoms with van der Waals surface area (Å²) in [5.74, 6) is 0.333. The molecule has 1 fully saturated rings. The molecule has 16 heavy (non-hydrogen) atoms. The number of carbonyl (C=O) groups is 1. The van der Waals surface area contributed by atoms with E-state index in [1.807, 2.05) is 4.90 Å². The second-order valence-electron chi connectivity index (χ2n) is 4.72. The summed E-state index contributed by atoms with van der Waals surface area (Å²) in [5, 5.41) is 0.286. The van der Waals surface area contributed by atoms with Gasteiger partial charge in [0.25, 0.3) is 0 Å². The summed E-state index contributed by atoms with van der Waals surface area (Å²) in [6.07, 6.45) is 8.74. The van der Waals surface area contributed by atoms with Gasteiger partial charge in [0.05, 0.1) is 0 Å². The van der Waals surface area contributed by atoms with E-state index < -0.39 is 0 Å². The summed E-state index contributed by atoms with van der Waals surface area (Å²) in [6.45, 7) is 3.94. The van der Waals surface area contributed by atoms with Gasteiger partial charge < -0.3 is 4.90 Å². The maximum atomic E-state index is 11.8. The van der Waals surface area contributed by atoms with Gasteiger partial charge in [0.1, 0.15) is 0 Å². The van der Waals surface area contributed by atoms with Crippen LogP contribution in [-0.4, -0.2) is 29.3 Å². The first-order valence-corrected chi connectivity index (χ1v) is 7.09. The van der Waals surface area contributed by atoms with Crippen LogP contribution in [0.25, 0.3) is 0 Å². The van der Waals surface area contributed by atoms with Gasteiger partial charge in [-0.1, -0.05) is 32.6 Å². The summed E-state index contributed by atoms with van der Waals surface area (Å²) in [4.78, 5) is 13.8. The van der Waals surface area contributed by atoms with Crippen LogP contribution < -0.4 is 0 Å². The van der Waals surface area contributed by atoms with Crippen molar-refractivity contribution in [2.75, 3.05) is 13.1 Å². The van der Waals surface area contributed by atoms with Gasteiger partial charge in [-0.2, -0.15) is 0 Å². The summed E-state index contributed by atoms with van der Waals surface area (Å²) < 4.78 is 0.